The van der Waals surface area contributed by atoms with Gasteiger partial charge in [0.2, 0.25) is 0 Å². The lowest BCUT2D eigenvalue weighted by atomic mass is 9.97. The van der Waals surface area contributed by atoms with E-state index in [1.807, 2.05) is 121 Å². The van der Waals surface area contributed by atoms with Crippen molar-refractivity contribution < 1.29 is 15.4 Å². The van der Waals surface area contributed by atoms with Gasteiger partial charge < -0.3 is 13.9 Å². The van der Waals surface area contributed by atoms with Gasteiger partial charge in [-0.25, -0.2) is 0 Å². The molecule has 2 heterocycles. The van der Waals surface area contributed by atoms with E-state index in [2.05, 4.69) is 0 Å². The lowest BCUT2D eigenvalue weighted by molar-refractivity contribution is 0.672. The highest BCUT2D eigenvalue weighted by molar-refractivity contribution is 6.15. The Morgan fingerprint density at radius 1 is 0.436 bits per heavy atom. The van der Waals surface area contributed by atoms with Crippen molar-refractivity contribution in [2.24, 2.45) is 0 Å². The Labute approximate surface area is 329 Å². The first kappa shape index (κ1) is 24.1. The molecule has 2 aromatic heterocycles. The second-order valence-electron chi connectivity index (χ2n) is 13.5. The van der Waals surface area contributed by atoms with Crippen LogP contribution in [0.5, 0.6) is 0 Å². The van der Waals surface area contributed by atoms with Crippen LogP contribution in [0, 0.1) is 0 Å². The van der Waals surface area contributed by atoms with Crippen LogP contribution < -0.4 is 4.90 Å². The maximum atomic E-state index is 9.78. The second kappa shape index (κ2) is 12.6. The van der Waals surface area contributed by atoms with Gasteiger partial charge in [0.05, 0.1) is 27.7 Å². The van der Waals surface area contributed by atoms with Gasteiger partial charge in [0.1, 0.15) is 11.2 Å². The van der Waals surface area contributed by atoms with Crippen molar-refractivity contribution >= 4 is 71.6 Å². The molecule has 55 heavy (non-hydrogen) atoms. The first-order valence-corrected chi connectivity index (χ1v) is 18.1. The molecule has 258 valence electrons. The van der Waals surface area contributed by atoms with E-state index in [9.17, 15) is 11.0 Å². The Morgan fingerprint density at radius 2 is 1.04 bits per heavy atom. The highest BCUT2D eigenvalue weighted by Crippen LogP contribution is 2.43. The van der Waals surface area contributed by atoms with Crippen LogP contribution in [0.25, 0.3) is 82.5 Å². The first-order valence-electron chi connectivity index (χ1n) is 22.1. The number of anilines is 3. The fraction of sp³-hybridized carbons (Fsp3) is 0. The lowest BCUT2D eigenvalue weighted by Gasteiger charge is -2.28. The summed E-state index contributed by atoms with van der Waals surface area (Å²) in [7, 11) is 0. The highest BCUT2D eigenvalue weighted by atomic mass is 16.3. The van der Waals surface area contributed by atoms with Crippen LogP contribution in [0.3, 0.4) is 0 Å². The normalized spacial score (nSPS) is 13.7. The maximum Gasteiger partial charge on any atom is 0.143 e. The summed E-state index contributed by atoms with van der Waals surface area (Å²) in [6, 6.07) is 46.3. The molecule has 0 fully saturated rings. The van der Waals surface area contributed by atoms with Gasteiger partial charge in [-0.1, -0.05) is 127 Å². The zero-order valence-corrected chi connectivity index (χ0v) is 29.3. The van der Waals surface area contributed by atoms with Gasteiger partial charge in [0, 0.05) is 49.6 Å². The van der Waals surface area contributed by atoms with Gasteiger partial charge in [-0.3, -0.25) is 0 Å². The van der Waals surface area contributed by atoms with Gasteiger partial charge in [0.15, 0.2) is 0 Å². The van der Waals surface area contributed by atoms with E-state index in [1.54, 1.807) is 41.0 Å². The summed E-state index contributed by atoms with van der Waals surface area (Å²) in [6.07, 6.45) is 0. The monoisotopic (exact) mass is 710 g/mol. The van der Waals surface area contributed by atoms with Crippen LogP contribution >= 0.6 is 0 Å². The molecule has 9 aromatic carbocycles. The minimum atomic E-state index is -0.419. The number of hydrogen-bond donors (Lipinski definition) is 0. The lowest BCUT2D eigenvalue weighted by Crippen LogP contribution is -2.11. The summed E-state index contributed by atoms with van der Waals surface area (Å²) in [6.45, 7) is 0. The minimum absolute atomic E-state index is 0.0461. The predicted octanol–water partition coefficient (Wildman–Crippen LogP) is 14.6. The summed E-state index contributed by atoms with van der Waals surface area (Å²) in [5, 5.41) is 5.58. The molecule has 0 N–H and O–H groups in total. The Morgan fingerprint density at radius 3 is 1.78 bits per heavy atom. The van der Waals surface area contributed by atoms with Crippen molar-refractivity contribution in [2.75, 3.05) is 4.90 Å². The Kier molecular flexibility index (Phi) is 5.53. The molecule has 0 aliphatic heterocycles. The number of fused-ring (bicyclic) bond motifs is 8. The molecule has 0 saturated carbocycles. The fourth-order valence-corrected chi connectivity index (χ4v) is 7.80. The molecular weight excluding hydrogens is 669 g/mol. The van der Waals surface area contributed by atoms with E-state index >= 15 is 0 Å². The molecule has 0 aliphatic rings. The number of rotatable bonds is 6. The van der Waals surface area contributed by atoms with Crippen LogP contribution in [0.4, 0.5) is 17.1 Å². The van der Waals surface area contributed by atoms with Crippen LogP contribution in [0.2, 0.25) is 0 Å². The summed E-state index contributed by atoms with van der Waals surface area (Å²) >= 11 is 0. The van der Waals surface area contributed by atoms with E-state index in [4.69, 9.17) is 4.42 Å². The number of para-hydroxylation sites is 4. The van der Waals surface area contributed by atoms with Crippen molar-refractivity contribution in [1.29, 1.82) is 0 Å². The molecule has 0 amide bonds. The van der Waals surface area contributed by atoms with E-state index < -0.39 is 24.2 Å². The molecule has 0 bridgehead atoms. The molecule has 0 saturated heterocycles. The molecular formula is C52H34N2O. The molecule has 11 rings (SSSR count). The highest BCUT2D eigenvalue weighted by Gasteiger charge is 2.19. The Bertz CT molecular complexity index is 3580. The number of furan rings is 1. The number of aromatic nitrogens is 1. The van der Waals surface area contributed by atoms with Crippen molar-refractivity contribution in [3.05, 3.63) is 206 Å². The zero-order valence-electron chi connectivity index (χ0n) is 37.3. The molecule has 0 aliphatic carbocycles. The van der Waals surface area contributed by atoms with Crippen LogP contribution in [0.1, 0.15) is 11.0 Å². The average molecular weight is 711 g/mol. The Hall–Kier alpha value is -7.36. The molecule has 3 nitrogen and oxygen atoms in total. The first-order chi connectivity index (χ1) is 30.6. The molecule has 11 aromatic rings. The zero-order chi connectivity index (χ0) is 43.3. The third kappa shape index (κ3) is 5.13. The number of nitrogens with zero attached hydrogens (tertiary/aromatic N) is 2. The molecule has 0 radical (unpaired) electrons. The van der Waals surface area contributed by atoms with Crippen LogP contribution in [-0.2, 0) is 0 Å². The Balaban J connectivity index is 1.19. The van der Waals surface area contributed by atoms with Gasteiger partial charge in [-0.15, -0.1) is 0 Å². The number of benzene rings is 9. The van der Waals surface area contributed by atoms with Crippen molar-refractivity contribution in [1.82, 2.24) is 4.57 Å². The van der Waals surface area contributed by atoms with Crippen LogP contribution in [0.15, 0.2) is 210 Å². The predicted molar refractivity (Wildman–Crippen MR) is 231 cm³/mol. The van der Waals surface area contributed by atoms with Crippen molar-refractivity contribution in [3.63, 3.8) is 0 Å². The summed E-state index contributed by atoms with van der Waals surface area (Å²) in [4.78, 5) is 1.38. The van der Waals surface area contributed by atoms with E-state index in [-0.39, 0.29) is 46.8 Å². The summed E-state index contributed by atoms with van der Waals surface area (Å²) in [5.41, 5.74) is 4.83. The smallest absolute Gasteiger partial charge is 0.143 e. The van der Waals surface area contributed by atoms with E-state index in [0.717, 1.165) is 49.0 Å². The van der Waals surface area contributed by atoms with Crippen molar-refractivity contribution in [2.45, 2.75) is 0 Å². The van der Waals surface area contributed by atoms with Gasteiger partial charge in [-0.2, -0.15) is 0 Å². The second-order valence-corrected chi connectivity index (χ2v) is 13.5. The molecule has 3 heteroatoms. The summed E-state index contributed by atoms with van der Waals surface area (Å²) < 4.78 is 84.8. The average Bonchev–Trinajstić information content (AvgIpc) is 3.86. The standard InChI is InChI=1S/C52H34N2O/c1-2-12-35(13-3-1)36-22-26-39(27-23-36)53(40-28-30-41(31-29-40)54-49-19-9-5-15-44(49)45-16-6-10-20-50(45)54)48-18-8-4-14-42(48)37-24-32-43-38(34-37)25-33-47-46-17-7-11-21-51(46)55-52(43)47/h1-34H/i22D,23D,26D,27D,28D,29D,30D,31D. The van der Waals surface area contributed by atoms with Crippen LogP contribution in [-0.4, -0.2) is 4.57 Å². The third-order valence-electron chi connectivity index (χ3n) is 10.3. The van der Waals surface area contributed by atoms with Gasteiger partial charge in [-0.05, 0) is 101 Å². The SMILES string of the molecule is [2H]c1c([2H])c(N(c2ccccc2-c2ccc3c(ccc4c5ccccc5oc34)c2)c2c([2H])c([2H])c(-n3c4ccccc4c4ccccc43)c([2H])c2[2H])c([2H])c([2H])c1-c1ccccc1. The van der Waals surface area contributed by atoms with Gasteiger partial charge >= 0.3 is 0 Å². The topological polar surface area (TPSA) is 21.3 Å². The van der Waals surface area contributed by atoms with Gasteiger partial charge in [0.25, 0.3) is 0 Å². The fourth-order valence-electron chi connectivity index (χ4n) is 7.80. The van der Waals surface area contributed by atoms with E-state index in [0.29, 0.717) is 27.8 Å². The quantitative estimate of drug-likeness (QED) is 0.171. The van der Waals surface area contributed by atoms with E-state index in [1.165, 1.54) is 4.90 Å². The maximum absolute atomic E-state index is 9.78. The number of hydrogen-bond acceptors (Lipinski definition) is 2. The largest absolute Gasteiger partial charge is 0.455 e. The molecule has 0 spiro atoms. The molecule has 0 unspecified atom stereocenters. The minimum Gasteiger partial charge on any atom is -0.455 e. The van der Waals surface area contributed by atoms with Crippen molar-refractivity contribution in [3.8, 4) is 27.9 Å². The summed E-state index contributed by atoms with van der Waals surface area (Å²) in [5.74, 6) is 0. The molecule has 0 atom stereocenters. The third-order valence-corrected chi connectivity index (χ3v) is 10.3.